The van der Waals surface area contributed by atoms with Gasteiger partial charge in [-0.25, -0.2) is 4.79 Å². The van der Waals surface area contributed by atoms with Crippen LogP contribution in [0.15, 0.2) is 85.0 Å². The third-order valence-electron chi connectivity index (χ3n) is 12.3. The zero-order valence-electron chi connectivity index (χ0n) is 47.5. The second-order valence-electron chi connectivity index (χ2n) is 19.3. The summed E-state index contributed by atoms with van der Waals surface area (Å²) in [6, 6.07) is 18.3. The lowest BCUT2D eigenvalue weighted by atomic mass is 9.85. The predicted octanol–water partition coefficient (Wildman–Crippen LogP) is 10.3. The number of benzene rings is 3. The van der Waals surface area contributed by atoms with Crippen LogP contribution < -0.4 is 10.5 Å². The number of hydrogen-bond acceptors (Lipinski definition) is 10. The van der Waals surface area contributed by atoms with E-state index in [9.17, 15) is 24.0 Å². The molecule has 0 aliphatic carbocycles. The van der Waals surface area contributed by atoms with E-state index in [0.29, 0.717) is 59.8 Å². The Labute approximate surface area is 454 Å². The van der Waals surface area contributed by atoms with Crippen molar-refractivity contribution in [3.8, 4) is 5.75 Å². The van der Waals surface area contributed by atoms with Crippen molar-refractivity contribution in [2.75, 3.05) is 94.0 Å². The van der Waals surface area contributed by atoms with Gasteiger partial charge in [-0.2, -0.15) is 0 Å². The fourth-order valence-electron chi connectivity index (χ4n) is 8.35. The monoisotopic (exact) mass is 1070 g/mol. The summed E-state index contributed by atoms with van der Waals surface area (Å²) in [6.07, 6.45) is 8.53. The molecule has 0 radical (unpaired) electrons. The highest BCUT2D eigenvalue weighted by Gasteiger charge is 2.29. The van der Waals surface area contributed by atoms with Gasteiger partial charge in [-0.05, 0) is 138 Å². The first-order valence-electron chi connectivity index (χ1n) is 25.8. The Morgan fingerprint density at radius 1 is 0.757 bits per heavy atom. The Hall–Kier alpha value is -5.41. The number of ether oxygens (including phenoxy) is 2. The number of nitrogens with two attached hydrogens (primary N) is 1. The Bertz CT molecular complexity index is 2260. The molecule has 0 saturated heterocycles. The zero-order valence-corrected chi connectivity index (χ0v) is 49.0. The summed E-state index contributed by atoms with van der Waals surface area (Å²) in [4.78, 5) is 70.5. The molecule has 2 N–H and O–H groups in total. The van der Waals surface area contributed by atoms with Crippen LogP contribution >= 0.6 is 23.2 Å². The number of anilines is 1. The van der Waals surface area contributed by atoms with Crippen molar-refractivity contribution in [2.45, 2.75) is 113 Å². The Morgan fingerprint density at radius 3 is 1.76 bits per heavy atom. The molecule has 0 fully saturated rings. The van der Waals surface area contributed by atoms with Crippen LogP contribution in [-0.2, 0) is 30.5 Å². The van der Waals surface area contributed by atoms with Gasteiger partial charge in [0, 0.05) is 77.9 Å². The minimum Gasteiger partial charge on any atom is -0.497 e. The summed E-state index contributed by atoms with van der Waals surface area (Å²) in [6.45, 7) is 26.2. The van der Waals surface area contributed by atoms with Crippen molar-refractivity contribution >= 4 is 58.5 Å². The number of allylic oxidation sites excluding steroid dienone is 2. The summed E-state index contributed by atoms with van der Waals surface area (Å²) < 4.78 is 10.8. The van der Waals surface area contributed by atoms with Crippen molar-refractivity contribution in [1.82, 2.24) is 29.4 Å². The van der Waals surface area contributed by atoms with E-state index in [-0.39, 0.29) is 47.1 Å². The molecule has 3 aromatic rings. The third-order valence-corrected chi connectivity index (χ3v) is 13.0. The number of esters is 1. The second kappa shape index (κ2) is 34.2. The molecule has 412 valence electrons. The molecule has 0 aromatic heterocycles. The van der Waals surface area contributed by atoms with E-state index in [1.54, 1.807) is 100 Å². The molecular formula is C58H89Cl2N7O7. The van der Waals surface area contributed by atoms with Gasteiger partial charge in [0.2, 0.25) is 23.6 Å². The van der Waals surface area contributed by atoms with E-state index < -0.39 is 0 Å². The molecular weight excluding hydrogens is 978 g/mol. The van der Waals surface area contributed by atoms with Crippen molar-refractivity contribution in [3.63, 3.8) is 0 Å². The van der Waals surface area contributed by atoms with Crippen LogP contribution in [-0.4, -0.2) is 159 Å². The zero-order chi connectivity index (χ0) is 56.3. The fraction of sp³-hybridized carbons (Fsp3) is 0.534. The standard InChI is InChI=1S/C17H17Cl2NO.C16H26N2O2.C13H24N2O2.C12H22N2O2/c1-20-9-12-7-13(21-2)4-5-14(12)15(10-20)11-3-6-16(18)17(19)8-11;1-5-18(6-2)11-16(3,4)12-20-15(19)13-7-9-14(17)10-8-13;1-6-9-12(16)15(10-7-2)11(8-3)13(17)14(4)5;1-6-9-11(15)14(8-3)10(7-2)12(16)13(4)5/h3-8,15H,9-10H2,1-2H3;7-10H,5-6,11-12,17H2,1-4H3;6,9,11H,7-8,10H2,1-5H3;6,9-10H,7-8H2,1-5H3/b;;2*9-6+. The molecule has 3 unspecified atom stereocenters. The molecule has 3 aromatic carbocycles. The van der Waals surface area contributed by atoms with Crippen molar-refractivity contribution in [1.29, 1.82) is 0 Å². The quantitative estimate of drug-likeness (QED) is 0.0658. The minimum absolute atomic E-state index is 0.0150. The maximum absolute atomic E-state index is 12.0. The Morgan fingerprint density at radius 2 is 1.30 bits per heavy atom. The van der Waals surface area contributed by atoms with Gasteiger partial charge in [-0.1, -0.05) is 96.0 Å². The van der Waals surface area contributed by atoms with E-state index in [1.165, 1.54) is 33.7 Å². The van der Waals surface area contributed by atoms with Gasteiger partial charge >= 0.3 is 5.97 Å². The van der Waals surface area contributed by atoms with Gasteiger partial charge in [0.1, 0.15) is 17.8 Å². The lowest BCUT2D eigenvalue weighted by Gasteiger charge is -2.33. The van der Waals surface area contributed by atoms with Crippen LogP contribution in [0, 0.1) is 5.41 Å². The first-order chi connectivity index (χ1) is 34.9. The summed E-state index contributed by atoms with van der Waals surface area (Å²) in [5, 5.41) is 1.21. The molecule has 1 aliphatic rings. The van der Waals surface area contributed by atoms with Crippen LogP contribution in [0.5, 0.6) is 5.75 Å². The normalized spacial score (nSPS) is 14.0. The lowest BCUT2D eigenvalue weighted by molar-refractivity contribution is -0.142. The molecule has 14 nitrogen and oxygen atoms in total. The summed E-state index contributed by atoms with van der Waals surface area (Å²) in [7, 11) is 10.7. The highest BCUT2D eigenvalue weighted by atomic mass is 35.5. The second-order valence-corrected chi connectivity index (χ2v) is 20.1. The number of carbonyl (C=O) groups is 5. The van der Waals surface area contributed by atoms with Gasteiger partial charge in [-0.15, -0.1) is 0 Å². The number of hydrogen-bond donors (Lipinski definition) is 1. The molecule has 3 atom stereocenters. The number of halogens is 2. The summed E-state index contributed by atoms with van der Waals surface area (Å²) >= 11 is 12.2. The van der Waals surface area contributed by atoms with Gasteiger partial charge < -0.3 is 44.6 Å². The minimum atomic E-state index is -0.358. The third kappa shape index (κ3) is 21.8. The van der Waals surface area contributed by atoms with Gasteiger partial charge in [0.15, 0.2) is 0 Å². The first-order valence-corrected chi connectivity index (χ1v) is 26.5. The molecule has 4 rings (SSSR count). The van der Waals surface area contributed by atoms with Crippen LogP contribution in [0.2, 0.25) is 10.0 Å². The summed E-state index contributed by atoms with van der Waals surface area (Å²) in [5.74, 6) is 0.679. The van der Waals surface area contributed by atoms with E-state index in [2.05, 4.69) is 62.7 Å². The molecule has 0 spiro atoms. The van der Waals surface area contributed by atoms with Gasteiger partial charge in [-0.3, -0.25) is 19.2 Å². The van der Waals surface area contributed by atoms with Crippen molar-refractivity contribution in [2.24, 2.45) is 5.41 Å². The number of methoxy groups -OCH3 is 1. The molecule has 16 heteroatoms. The average molecular weight is 1070 g/mol. The van der Waals surface area contributed by atoms with E-state index in [4.69, 9.17) is 38.4 Å². The maximum Gasteiger partial charge on any atom is 0.338 e. The van der Waals surface area contributed by atoms with E-state index >= 15 is 0 Å². The van der Waals surface area contributed by atoms with Crippen molar-refractivity contribution < 1.29 is 33.4 Å². The number of nitrogen functional groups attached to an aromatic ring is 1. The van der Waals surface area contributed by atoms with Crippen LogP contribution in [0.4, 0.5) is 5.69 Å². The number of fused-ring (bicyclic) bond motifs is 1. The predicted molar refractivity (Wildman–Crippen MR) is 305 cm³/mol. The number of nitrogens with zero attached hydrogens (tertiary/aromatic N) is 6. The van der Waals surface area contributed by atoms with Crippen LogP contribution in [0.1, 0.15) is 121 Å². The average Bonchev–Trinajstić information content (AvgIpc) is 3.37. The molecule has 1 heterocycles. The van der Waals surface area contributed by atoms with E-state index in [0.717, 1.165) is 44.9 Å². The maximum atomic E-state index is 12.0. The molecule has 1 aliphatic heterocycles. The molecule has 0 bridgehead atoms. The van der Waals surface area contributed by atoms with Crippen LogP contribution in [0.25, 0.3) is 0 Å². The number of likely N-dealkylation sites (N-methyl/N-ethyl adjacent to an activating group) is 4. The Kier molecular flexibility index (Phi) is 30.8. The SMILES string of the molecule is C/C=C/C(=O)N(CC)C(CC)C(=O)N(C)C.C/C=C/C(=O)N(CCC)C(CC)C(=O)N(C)C.CCN(CC)CC(C)(C)COC(=O)c1ccc(N)cc1.COc1ccc2c(c1)CN(C)CC2c1ccc(Cl)c(Cl)c1. The fourth-order valence-corrected chi connectivity index (χ4v) is 8.65. The lowest BCUT2D eigenvalue weighted by Crippen LogP contribution is -2.48. The highest BCUT2D eigenvalue weighted by molar-refractivity contribution is 6.42. The number of amides is 4. The molecule has 0 saturated carbocycles. The van der Waals surface area contributed by atoms with Gasteiger partial charge in [0.25, 0.3) is 0 Å². The van der Waals surface area contributed by atoms with Crippen LogP contribution in [0.3, 0.4) is 0 Å². The highest BCUT2D eigenvalue weighted by Crippen LogP contribution is 2.37. The van der Waals surface area contributed by atoms with Gasteiger partial charge in [0.05, 0.1) is 29.3 Å². The smallest absolute Gasteiger partial charge is 0.338 e. The van der Waals surface area contributed by atoms with E-state index in [1.807, 2.05) is 45.9 Å². The number of carbonyl (C=O) groups excluding carboxylic acids is 5. The molecule has 4 amide bonds. The van der Waals surface area contributed by atoms with Crippen molar-refractivity contribution in [3.05, 3.63) is 117 Å². The molecule has 74 heavy (non-hydrogen) atoms. The summed E-state index contributed by atoms with van der Waals surface area (Å²) in [5.41, 5.74) is 10.6. The number of rotatable bonds is 20. The topological polar surface area (TPSA) is 149 Å². The Balaban J connectivity index is 0.000000497. The largest absolute Gasteiger partial charge is 0.497 e. The first kappa shape index (κ1) is 66.6.